The Labute approximate surface area is 263 Å². The number of methoxy groups -OCH3 is 1. The van der Waals surface area contributed by atoms with Crippen molar-refractivity contribution in [3.05, 3.63) is 119 Å². The van der Waals surface area contributed by atoms with Crippen LogP contribution in [0.3, 0.4) is 0 Å². The summed E-state index contributed by atoms with van der Waals surface area (Å²) in [5.41, 5.74) is 6.53. The number of carbonyl (C=O) groups is 1. The van der Waals surface area contributed by atoms with Gasteiger partial charge in [-0.15, -0.1) is 0 Å². The summed E-state index contributed by atoms with van der Waals surface area (Å²) in [7, 11) is 2.51. The van der Waals surface area contributed by atoms with Gasteiger partial charge in [-0.2, -0.15) is 0 Å². The van der Waals surface area contributed by atoms with Gasteiger partial charge in [-0.25, -0.2) is 4.21 Å². The molecule has 1 saturated heterocycles. The molecule has 0 saturated carbocycles. The molecule has 2 aliphatic rings. The number of anilines is 2. The summed E-state index contributed by atoms with van der Waals surface area (Å²) in [6, 6.07) is 31.8. The summed E-state index contributed by atoms with van der Waals surface area (Å²) < 4.78 is 21.3. The zero-order chi connectivity index (χ0) is 30.5. The molecule has 228 valence electrons. The number of carbonyl (C=O) groups excluding carboxylic acids is 1. The molecular formula is C36H40N4O3S. The van der Waals surface area contributed by atoms with Crippen molar-refractivity contribution in [2.75, 3.05) is 56.1 Å². The van der Waals surface area contributed by atoms with Gasteiger partial charge in [0.2, 0.25) is 5.91 Å². The Balaban J connectivity index is 1.18. The molecule has 4 aromatic rings. The topological polar surface area (TPSA) is 56.3 Å². The lowest BCUT2D eigenvalue weighted by molar-refractivity contribution is -0.131. The molecule has 1 amide bonds. The highest BCUT2D eigenvalue weighted by Gasteiger charge is 2.28. The molecular weight excluding hydrogens is 568 g/mol. The maximum atomic E-state index is 13.7. The zero-order valence-electron chi connectivity index (χ0n) is 25.5. The highest BCUT2D eigenvalue weighted by atomic mass is 32.2. The lowest BCUT2D eigenvalue weighted by atomic mass is 9.95. The fourth-order valence-electron chi connectivity index (χ4n) is 6.10. The molecule has 0 bridgehead atoms. The predicted molar refractivity (Wildman–Crippen MR) is 177 cm³/mol. The van der Waals surface area contributed by atoms with E-state index in [1.165, 1.54) is 16.8 Å². The Kier molecular flexibility index (Phi) is 9.28. The molecule has 8 heteroatoms. The molecule has 1 unspecified atom stereocenters. The Morgan fingerprint density at radius 3 is 2.16 bits per heavy atom. The summed E-state index contributed by atoms with van der Waals surface area (Å²) in [6.45, 7) is 5.78. The van der Waals surface area contributed by atoms with Crippen molar-refractivity contribution >= 4 is 28.3 Å². The van der Waals surface area contributed by atoms with Crippen molar-refractivity contribution in [2.45, 2.75) is 30.8 Å². The molecule has 0 N–H and O–H groups in total. The van der Waals surface area contributed by atoms with Gasteiger partial charge in [-0.3, -0.25) is 9.10 Å². The molecule has 2 aliphatic heterocycles. The van der Waals surface area contributed by atoms with E-state index in [4.69, 9.17) is 4.74 Å². The van der Waals surface area contributed by atoms with Gasteiger partial charge in [-0.1, -0.05) is 60.7 Å². The van der Waals surface area contributed by atoms with Crippen LogP contribution in [0, 0.1) is 0 Å². The summed E-state index contributed by atoms with van der Waals surface area (Å²) in [5.74, 6) is 1.03. The van der Waals surface area contributed by atoms with E-state index in [1.54, 1.807) is 7.11 Å². The Morgan fingerprint density at radius 1 is 0.795 bits per heavy atom. The second-order valence-electron chi connectivity index (χ2n) is 11.5. The van der Waals surface area contributed by atoms with Gasteiger partial charge in [0.25, 0.3) is 0 Å². The van der Waals surface area contributed by atoms with E-state index in [1.807, 2.05) is 94.1 Å². The maximum absolute atomic E-state index is 13.7. The van der Waals surface area contributed by atoms with E-state index in [0.717, 1.165) is 60.1 Å². The van der Waals surface area contributed by atoms with Crippen LogP contribution in [0.1, 0.15) is 22.3 Å². The van der Waals surface area contributed by atoms with E-state index >= 15 is 0 Å². The van der Waals surface area contributed by atoms with Crippen LogP contribution >= 0.6 is 0 Å². The van der Waals surface area contributed by atoms with Gasteiger partial charge in [0.05, 0.1) is 25.0 Å². The minimum atomic E-state index is -1.38. The standard InChI is InChI=1S/C36H40N4O3S/c1-37-21-23-38(24-22-37)34-17-18-35(43-2)32-19-20-39(27-33(32)34)36(41)25-28-13-15-30(16-14-28)40(26-29-9-5-3-6-10-29)44(42)31-11-7-4-8-12-31/h3-18H,19-27H2,1-2H3. The number of piperazine rings is 1. The fraction of sp³-hybridized carbons (Fsp3) is 0.306. The normalized spacial score (nSPS) is 15.9. The van der Waals surface area contributed by atoms with Crippen molar-refractivity contribution < 1.29 is 13.7 Å². The average molecular weight is 609 g/mol. The predicted octanol–water partition coefficient (Wildman–Crippen LogP) is 5.30. The van der Waals surface area contributed by atoms with Crippen LogP contribution in [0.25, 0.3) is 0 Å². The maximum Gasteiger partial charge on any atom is 0.227 e. The fourth-order valence-corrected chi connectivity index (χ4v) is 7.32. The van der Waals surface area contributed by atoms with E-state index in [2.05, 4.69) is 29.0 Å². The van der Waals surface area contributed by atoms with Gasteiger partial charge in [0.15, 0.2) is 11.0 Å². The van der Waals surface area contributed by atoms with Crippen molar-refractivity contribution in [2.24, 2.45) is 0 Å². The zero-order valence-corrected chi connectivity index (χ0v) is 26.3. The molecule has 0 aliphatic carbocycles. The Morgan fingerprint density at radius 2 is 1.48 bits per heavy atom. The molecule has 44 heavy (non-hydrogen) atoms. The molecule has 2 heterocycles. The van der Waals surface area contributed by atoms with Crippen LogP contribution in [0.15, 0.2) is 102 Å². The highest BCUT2D eigenvalue weighted by Crippen LogP contribution is 2.36. The van der Waals surface area contributed by atoms with Gasteiger partial charge < -0.3 is 19.4 Å². The number of amides is 1. The number of ether oxygens (including phenoxy) is 1. The summed E-state index contributed by atoms with van der Waals surface area (Å²) in [4.78, 5) is 21.2. The molecule has 0 spiro atoms. The summed E-state index contributed by atoms with van der Waals surface area (Å²) in [5, 5.41) is 0. The minimum absolute atomic E-state index is 0.115. The van der Waals surface area contributed by atoms with Crippen LogP contribution in [-0.4, -0.2) is 66.8 Å². The van der Waals surface area contributed by atoms with E-state index < -0.39 is 11.0 Å². The number of rotatable bonds is 9. The van der Waals surface area contributed by atoms with Gasteiger partial charge >= 0.3 is 0 Å². The van der Waals surface area contributed by atoms with Crippen LogP contribution in [0.2, 0.25) is 0 Å². The Bertz CT molecular complexity index is 1590. The smallest absolute Gasteiger partial charge is 0.227 e. The van der Waals surface area contributed by atoms with Crippen molar-refractivity contribution in [3.63, 3.8) is 0 Å². The third kappa shape index (κ3) is 6.66. The third-order valence-electron chi connectivity index (χ3n) is 8.65. The lowest BCUT2D eigenvalue weighted by Gasteiger charge is -2.38. The van der Waals surface area contributed by atoms with Crippen molar-refractivity contribution in [3.8, 4) is 5.75 Å². The largest absolute Gasteiger partial charge is 0.496 e. The average Bonchev–Trinajstić information content (AvgIpc) is 3.08. The third-order valence-corrected chi connectivity index (χ3v) is 10.1. The second-order valence-corrected chi connectivity index (χ2v) is 12.9. The van der Waals surface area contributed by atoms with Gasteiger partial charge in [0.1, 0.15) is 5.75 Å². The first-order chi connectivity index (χ1) is 21.5. The molecule has 0 radical (unpaired) electrons. The first-order valence-corrected chi connectivity index (χ1v) is 16.4. The molecule has 1 fully saturated rings. The van der Waals surface area contributed by atoms with Crippen molar-refractivity contribution in [1.82, 2.24) is 9.80 Å². The number of nitrogens with zero attached hydrogens (tertiary/aromatic N) is 4. The number of hydrogen-bond donors (Lipinski definition) is 0. The SMILES string of the molecule is COc1ccc(N2CCN(C)CC2)c2c1CCN(C(=O)Cc1ccc(N(Cc3ccccc3)S(=O)c3ccccc3)cc1)C2. The second kappa shape index (κ2) is 13.7. The molecule has 1 atom stereocenters. The highest BCUT2D eigenvalue weighted by molar-refractivity contribution is 7.86. The number of likely N-dealkylation sites (N-methyl/N-ethyl adjacent to an activating group) is 1. The monoisotopic (exact) mass is 608 g/mol. The van der Waals surface area contributed by atoms with E-state index in [9.17, 15) is 9.00 Å². The lowest BCUT2D eigenvalue weighted by Crippen LogP contribution is -2.45. The summed E-state index contributed by atoms with van der Waals surface area (Å²) in [6.07, 6.45) is 1.11. The molecule has 0 aromatic heterocycles. The first kappa shape index (κ1) is 29.9. The first-order valence-electron chi connectivity index (χ1n) is 15.3. The molecule has 6 rings (SSSR count). The number of benzene rings is 4. The quantitative estimate of drug-likeness (QED) is 0.258. The number of fused-ring (bicyclic) bond motifs is 1. The van der Waals surface area contributed by atoms with Gasteiger partial charge in [-0.05, 0) is 61.0 Å². The minimum Gasteiger partial charge on any atom is -0.496 e. The molecule has 7 nitrogen and oxygen atoms in total. The van der Waals surface area contributed by atoms with E-state index in [-0.39, 0.29) is 5.91 Å². The van der Waals surface area contributed by atoms with E-state index in [0.29, 0.717) is 26.1 Å². The van der Waals surface area contributed by atoms with Crippen LogP contribution in [0.5, 0.6) is 5.75 Å². The molecule has 4 aromatic carbocycles. The summed E-state index contributed by atoms with van der Waals surface area (Å²) >= 11 is 0. The number of hydrogen-bond acceptors (Lipinski definition) is 5. The Hall–Kier alpha value is -4.14. The van der Waals surface area contributed by atoms with Gasteiger partial charge in [0, 0.05) is 61.8 Å². The van der Waals surface area contributed by atoms with Crippen LogP contribution in [-0.2, 0) is 41.7 Å². The van der Waals surface area contributed by atoms with Crippen LogP contribution < -0.4 is 13.9 Å². The van der Waals surface area contributed by atoms with Crippen molar-refractivity contribution in [1.29, 1.82) is 0 Å². The van der Waals surface area contributed by atoms with Crippen LogP contribution in [0.4, 0.5) is 11.4 Å².